The monoisotopic (exact) mass is 211 g/mol. The molecule has 78 valence electrons. The maximum atomic E-state index is 12.6. The first-order chi connectivity index (χ1) is 6.63. The Bertz CT molecular complexity index is 273. The van der Waals surface area contributed by atoms with Crippen molar-refractivity contribution in [2.45, 2.75) is 31.6 Å². The van der Waals surface area contributed by atoms with Crippen LogP contribution in [0.25, 0.3) is 0 Å². The molecule has 2 N–H and O–H groups in total. The summed E-state index contributed by atoms with van der Waals surface area (Å²) >= 11 is 0. The zero-order chi connectivity index (χ0) is 10.6. The number of halogens is 1. The van der Waals surface area contributed by atoms with Crippen LogP contribution in [-0.2, 0) is 6.04 Å². The van der Waals surface area contributed by atoms with Crippen LogP contribution in [0.15, 0.2) is 24.3 Å². The van der Waals surface area contributed by atoms with Crippen molar-refractivity contribution in [3.05, 3.63) is 35.6 Å². The van der Waals surface area contributed by atoms with Crippen molar-refractivity contribution < 1.29 is 4.39 Å². The van der Waals surface area contributed by atoms with Crippen LogP contribution in [0, 0.1) is 5.82 Å². The van der Waals surface area contributed by atoms with Gasteiger partial charge in [-0.15, -0.1) is 0 Å². The van der Waals surface area contributed by atoms with Gasteiger partial charge >= 0.3 is 0 Å². The molecule has 0 spiro atoms. The molecule has 0 aliphatic rings. The lowest BCUT2D eigenvalue weighted by Gasteiger charge is -2.16. The van der Waals surface area contributed by atoms with E-state index in [1.54, 1.807) is 0 Å². The zero-order valence-corrected chi connectivity index (χ0v) is 9.99. The van der Waals surface area contributed by atoms with Gasteiger partial charge in [0.2, 0.25) is 0 Å². The first-order valence-electron chi connectivity index (χ1n) is 5.13. The van der Waals surface area contributed by atoms with E-state index in [1.807, 2.05) is 12.1 Å². The van der Waals surface area contributed by atoms with Crippen molar-refractivity contribution in [3.63, 3.8) is 0 Å². The van der Waals surface area contributed by atoms with Crippen molar-refractivity contribution >= 4 is 8.80 Å². The first-order valence-corrected chi connectivity index (χ1v) is 7.77. The Morgan fingerprint density at radius 2 is 1.93 bits per heavy atom. The summed E-state index contributed by atoms with van der Waals surface area (Å²) in [6.07, 6.45) is 1.05. The number of hydrogen-bond acceptors (Lipinski definition) is 1. The van der Waals surface area contributed by atoms with Crippen molar-refractivity contribution in [1.29, 1.82) is 0 Å². The van der Waals surface area contributed by atoms with E-state index in [-0.39, 0.29) is 5.82 Å². The van der Waals surface area contributed by atoms with Crippen molar-refractivity contribution in [2.24, 2.45) is 5.73 Å². The SMILES string of the molecule is CCC(N)[SiH](C)Cc1ccc(F)cc1. The molecule has 1 aromatic rings. The molecular formula is C11H18FNSi. The van der Waals surface area contributed by atoms with Crippen LogP contribution in [-0.4, -0.2) is 14.5 Å². The molecule has 0 saturated heterocycles. The molecular weight excluding hydrogens is 193 g/mol. The number of rotatable bonds is 4. The van der Waals surface area contributed by atoms with E-state index >= 15 is 0 Å². The molecule has 0 bridgehead atoms. The normalized spacial score (nSPS) is 15.1. The van der Waals surface area contributed by atoms with Gasteiger partial charge < -0.3 is 5.73 Å². The van der Waals surface area contributed by atoms with Crippen LogP contribution < -0.4 is 5.73 Å². The quantitative estimate of drug-likeness (QED) is 0.758. The first kappa shape index (κ1) is 11.4. The lowest BCUT2D eigenvalue weighted by Crippen LogP contribution is -2.37. The molecule has 1 nitrogen and oxygen atoms in total. The van der Waals surface area contributed by atoms with E-state index in [0.29, 0.717) is 5.67 Å². The Hall–Kier alpha value is -0.673. The van der Waals surface area contributed by atoms with Crippen LogP contribution in [0.3, 0.4) is 0 Å². The number of nitrogens with two attached hydrogens (primary N) is 1. The van der Waals surface area contributed by atoms with Gasteiger partial charge in [-0.3, -0.25) is 0 Å². The fourth-order valence-electron chi connectivity index (χ4n) is 1.55. The average molecular weight is 211 g/mol. The van der Waals surface area contributed by atoms with Crippen molar-refractivity contribution in [3.8, 4) is 0 Å². The number of hydrogen-bond donors (Lipinski definition) is 1. The van der Waals surface area contributed by atoms with E-state index in [9.17, 15) is 4.39 Å². The van der Waals surface area contributed by atoms with Gasteiger partial charge in [-0.25, -0.2) is 4.39 Å². The standard InChI is InChI=1S/C11H18FNSi/c1-3-11(13)14(2)8-9-4-6-10(12)7-5-9/h4-7,11,14H,3,8,13H2,1-2H3. The van der Waals surface area contributed by atoms with Crippen molar-refractivity contribution in [2.75, 3.05) is 0 Å². The van der Waals surface area contributed by atoms with Gasteiger partial charge in [-0.05, 0) is 30.3 Å². The molecule has 1 aromatic carbocycles. The predicted molar refractivity (Wildman–Crippen MR) is 61.4 cm³/mol. The second-order valence-corrected chi connectivity index (χ2v) is 7.10. The lowest BCUT2D eigenvalue weighted by atomic mass is 10.2. The summed E-state index contributed by atoms with van der Waals surface area (Å²) < 4.78 is 12.6. The second kappa shape index (κ2) is 5.27. The largest absolute Gasteiger partial charge is 0.331 e. The van der Waals surface area contributed by atoms with Gasteiger partial charge in [0.1, 0.15) is 5.82 Å². The fraction of sp³-hybridized carbons (Fsp3) is 0.455. The topological polar surface area (TPSA) is 26.0 Å². The predicted octanol–water partition coefficient (Wildman–Crippen LogP) is 2.04. The maximum absolute atomic E-state index is 12.6. The van der Waals surface area contributed by atoms with E-state index in [0.717, 1.165) is 12.5 Å². The van der Waals surface area contributed by atoms with E-state index in [4.69, 9.17) is 5.73 Å². The van der Waals surface area contributed by atoms with E-state index < -0.39 is 8.80 Å². The van der Waals surface area contributed by atoms with Gasteiger partial charge in [0.05, 0.1) is 8.80 Å². The molecule has 0 aliphatic carbocycles. The maximum Gasteiger partial charge on any atom is 0.123 e. The minimum absolute atomic E-state index is 0.164. The summed E-state index contributed by atoms with van der Waals surface area (Å²) in [5, 5.41) is 0. The van der Waals surface area contributed by atoms with Crippen LogP contribution in [0.2, 0.25) is 6.55 Å². The summed E-state index contributed by atoms with van der Waals surface area (Å²) in [5.74, 6) is -0.164. The van der Waals surface area contributed by atoms with Gasteiger partial charge in [0.15, 0.2) is 0 Å². The van der Waals surface area contributed by atoms with Gasteiger partial charge in [-0.2, -0.15) is 0 Å². The highest BCUT2D eigenvalue weighted by atomic mass is 28.3. The summed E-state index contributed by atoms with van der Waals surface area (Å²) in [4.78, 5) is 0. The second-order valence-electron chi connectivity index (χ2n) is 3.88. The third kappa shape index (κ3) is 3.23. The number of benzene rings is 1. The highest BCUT2D eigenvalue weighted by Crippen LogP contribution is 2.07. The Morgan fingerprint density at radius 1 is 1.36 bits per heavy atom. The minimum atomic E-state index is -0.883. The average Bonchev–Trinajstić information content (AvgIpc) is 2.20. The minimum Gasteiger partial charge on any atom is -0.331 e. The molecule has 1 rings (SSSR count). The lowest BCUT2D eigenvalue weighted by molar-refractivity contribution is 0.627. The van der Waals surface area contributed by atoms with Crippen LogP contribution in [0.4, 0.5) is 4.39 Å². The van der Waals surface area contributed by atoms with Crippen LogP contribution in [0.1, 0.15) is 18.9 Å². The molecule has 0 aliphatic heterocycles. The van der Waals surface area contributed by atoms with Gasteiger partial charge in [0, 0.05) is 0 Å². The van der Waals surface area contributed by atoms with Crippen LogP contribution >= 0.6 is 0 Å². The van der Waals surface area contributed by atoms with E-state index in [2.05, 4.69) is 13.5 Å². The van der Waals surface area contributed by atoms with E-state index in [1.165, 1.54) is 17.7 Å². The highest BCUT2D eigenvalue weighted by Gasteiger charge is 2.12. The molecule has 3 heteroatoms. The molecule has 14 heavy (non-hydrogen) atoms. The van der Waals surface area contributed by atoms with Crippen LogP contribution in [0.5, 0.6) is 0 Å². The Balaban J connectivity index is 2.56. The third-order valence-electron chi connectivity index (χ3n) is 2.67. The molecule has 0 amide bonds. The molecule has 0 fully saturated rings. The Kier molecular flexibility index (Phi) is 4.29. The molecule has 2 unspecified atom stereocenters. The Labute approximate surface area is 86.7 Å². The highest BCUT2D eigenvalue weighted by molar-refractivity contribution is 6.58. The third-order valence-corrected chi connectivity index (χ3v) is 5.72. The Morgan fingerprint density at radius 3 is 2.43 bits per heavy atom. The summed E-state index contributed by atoms with van der Waals surface area (Å²) in [5.41, 5.74) is 7.57. The molecule has 0 aromatic heterocycles. The summed E-state index contributed by atoms with van der Waals surface area (Å²) in [7, 11) is -0.883. The molecule has 2 atom stereocenters. The smallest absolute Gasteiger partial charge is 0.123 e. The summed E-state index contributed by atoms with van der Waals surface area (Å²) in [6.45, 7) is 4.40. The summed E-state index contributed by atoms with van der Waals surface area (Å²) in [6, 6.07) is 7.83. The zero-order valence-electron chi connectivity index (χ0n) is 8.83. The fourth-order valence-corrected chi connectivity index (χ4v) is 3.67. The van der Waals surface area contributed by atoms with Gasteiger partial charge in [0.25, 0.3) is 0 Å². The van der Waals surface area contributed by atoms with Gasteiger partial charge in [-0.1, -0.05) is 31.2 Å². The molecule has 0 heterocycles. The molecule has 0 saturated carbocycles. The van der Waals surface area contributed by atoms with Crippen molar-refractivity contribution in [1.82, 2.24) is 0 Å². The molecule has 0 radical (unpaired) electrons.